The molecule has 0 saturated carbocycles. The van der Waals surface area contributed by atoms with Gasteiger partial charge in [0.1, 0.15) is 17.3 Å². The predicted molar refractivity (Wildman–Crippen MR) is 50.6 cm³/mol. The van der Waals surface area contributed by atoms with Crippen LogP contribution in [0.1, 0.15) is 26.2 Å². The molecule has 0 atom stereocenters. The lowest BCUT2D eigenvalue weighted by molar-refractivity contribution is -2.00. The number of halogens is 1. The zero-order chi connectivity index (χ0) is 11.9. The molecular formula is C9H17ClO4S. The van der Waals surface area contributed by atoms with Crippen molar-refractivity contribution in [1.29, 1.82) is 0 Å². The second kappa shape index (κ2) is 7.49. The van der Waals surface area contributed by atoms with Gasteiger partial charge in [0.25, 0.3) is 0 Å². The van der Waals surface area contributed by atoms with E-state index in [-0.39, 0.29) is 0 Å². The Morgan fingerprint density at radius 3 is 1.87 bits per heavy atom. The molecule has 0 bridgehead atoms. The van der Waals surface area contributed by atoms with E-state index in [1.807, 2.05) is 0 Å². The second-order valence-electron chi connectivity index (χ2n) is 3.56. The SMILES string of the molecule is C=C(C)C[S+]1CCCCC1.[O-][Cl+3]([O-])([O-])[O-]. The average molecular weight is 257 g/mol. The van der Waals surface area contributed by atoms with Gasteiger partial charge in [0.15, 0.2) is 0 Å². The minimum absolute atomic E-state index is 0.726. The highest BCUT2D eigenvalue weighted by Gasteiger charge is 2.20. The van der Waals surface area contributed by atoms with Crippen molar-refractivity contribution >= 4 is 10.9 Å². The lowest BCUT2D eigenvalue weighted by Gasteiger charge is -2.17. The molecule has 0 aromatic rings. The minimum atomic E-state index is -4.94. The Hall–Kier alpha value is 0.220. The van der Waals surface area contributed by atoms with Crippen molar-refractivity contribution in [2.24, 2.45) is 0 Å². The number of hydrogen-bond donors (Lipinski definition) is 0. The van der Waals surface area contributed by atoms with Gasteiger partial charge < -0.3 is 0 Å². The van der Waals surface area contributed by atoms with Crippen molar-refractivity contribution in [2.75, 3.05) is 17.3 Å². The summed E-state index contributed by atoms with van der Waals surface area (Å²) < 4.78 is 34.0. The molecule has 0 aromatic heterocycles. The second-order valence-corrected chi connectivity index (χ2v) is 6.65. The van der Waals surface area contributed by atoms with Gasteiger partial charge in [-0.3, -0.25) is 0 Å². The quantitative estimate of drug-likeness (QED) is 0.407. The molecule has 1 fully saturated rings. The molecule has 1 aliphatic rings. The summed E-state index contributed by atoms with van der Waals surface area (Å²) in [5, 5.41) is 0. The smallest absolute Gasteiger partial charge is 0.128 e. The summed E-state index contributed by atoms with van der Waals surface area (Å²) in [4.78, 5) is 0. The van der Waals surface area contributed by atoms with Gasteiger partial charge in [-0.05, 0) is 42.7 Å². The molecule has 0 aliphatic carbocycles. The zero-order valence-corrected chi connectivity index (χ0v) is 10.4. The minimum Gasteiger partial charge on any atom is -0.222 e. The van der Waals surface area contributed by atoms with Crippen molar-refractivity contribution < 1.29 is 28.9 Å². The van der Waals surface area contributed by atoms with Crippen molar-refractivity contribution in [3.8, 4) is 0 Å². The first-order valence-corrected chi connectivity index (χ1v) is 7.66. The summed E-state index contributed by atoms with van der Waals surface area (Å²) in [7, 11) is -4.22. The van der Waals surface area contributed by atoms with Crippen molar-refractivity contribution in [3.63, 3.8) is 0 Å². The lowest BCUT2D eigenvalue weighted by atomic mass is 10.3. The van der Waals surface area contributed by atoms with Gasteiger partial charge in [0.05, 0.1) is 0 Å². The van der Waals surface area contributed by atoms with E-state index in [1.54, 1.807) is 0 Å². The summed E-state index contributed by atoms with van der Waals surface area (Å²) in [5.41, 5.74) is 1.38. The average Bonchev–Trinajstić information content (AvgIpc) is 2.01. The third kappa shape index (κ3) is 14.2. The highest BCUT2D eigenvalue weighted by molar-refractivity contribution is 7.97. The Morgan fingerprint density at radius 1 is 1.13 bits per heavy atom. The maximum absolute atomic E-state index is 8.49. The first kappa shape index (κ1) is 15.2. The monoisotopic (exact) mass is 256 g/mol. The van der Waals surface area contributed by atoms with Crippen LogP contribution in [-0.2, 0) is 10.9 Å². The molecule has 4 nitrogen and oxygen atoms in total. The van der Waals surface area contributed by atoms with Gasteiger partial charge in [0, 0.05) is 0 Å². The van der Waals surface area contributed by atoms with Gasteiger partial charge >= 0.3 is 0 Å². The van der Waals surface area contributed by atoms with E-state index in [2.05, 4.69) is 13.5 Å². The molecule has 1 rings (SSSR count). The molecule has 90 valence electrons. The fourth-order valence-corrected chi connectivity index (χ4v) is 3.80. The van der Waals surface area contributed by atoms with E-state index in [1.165, 1.54) is 42.1 Å². The fourth-order valence-electron chi connectivity index (χ4n) is 1.38. The summed E-state index contributed by atoms with van der Waals surface area (Å²) in [6.45, 7) is 6.11. The molecule has 0 spiro atoms. The maximum Gasteiger partial charge on any atom is 0.128 e. The van der Waals surface area contributed by atoms with Crippen LogP contribution in [0.4, 0.5) is 0 Å². The van der Waals surface area contributed by atoms with Crippen molar-refractivity contribution in [2.45, 2.75) is 26.2 Å². The molecule has 6 heteroatoms. The maximum atomic E-state index is 8.49. The Balaban J connectivity index is 0.000000336. The Bertz CT molecular complexity index is 181. The van der Waals surface area contributed by atoms with Gasteiger partial charge in [-0.1, -0.05) is 6.58 Å². The van der Waals surface area contributed by atoms with Crippen LogP contribution in [0.25, 0.3) is 0 Å². The molecule has 1 saturated heterocycles. The van der Waals surface area contributed by atoms with Gasteiger partial charge in [-0.15, -0.1) is 10.2 Å². The molecule has 0 amide bonds. The van der Waals surface area contributed by atoms with Crippen LogP contribution in [0.3, 0.4) is 0 Å². The van der Waals surface area contributed by atoms with E-state index >= 15 is 0 Å². The van der Waals surface area contributed by atoms with E-state index in [4.69, 9.17) is 18.6 Å². The number of rotatable bonds is 2. The molecule has 0 radical (unpaired) electrons. The molecule has 0 aromatic carbocycles. The standard InChI is InChI=1S/C9H17S.ClHO4/c1-9(2)8-10-6-4-3-5-7-10;2-1(3,4)5/h1,3-8H2,2H3;(H,2,3,4,5)/q+1;/p-1. The van der Waals surface area contributed by atoms with E-state index in [0.717, 1.165) is 10.9 Å². The molecular weight excluding hydrogens is 240 g/mol. The molecule has 1 heterocycles. The summed E-state index contributed by atoms with van der Waals surface area (Å²) in [5.74, 6) is 4.26. The number of hydrogen-bond acceptors (Lipinski definition) is 4. The van der Waals surface area contributed by atoms with Crippen molar-refractivity contribution in [1.82, 2.24) is 0 Å². The van der Waals surface area contributed by atoms with Crippen LogP contribution in [0.2, 0.25) is 0 Å². The Kier molecular flexibility index (Phi) is 7.60. The van der Waals surface area contributed by atoms with Crippen LogP contribution >= 0.6 is 0 Å². The lowest BCUT2D eigenvalue weighted by Crippen LogP contribution is -2.68. The fraction of sp³-hybridized carbons (Fsp3) is 0.778. The Morgan fingerprint density at radius 2 is 1.53 bits per heavy atom. The summed E-state index contributed by atoms with van der Waals surface area (Å²) in [6.07, 6.45) is 4.41. The summed E-state index contributed by atoms with van der Waals surface area (Å²) >= 11 is 0. The highest BCUT2D eigenvalue weighted by atomic mass is 35.7. The van der Waals surface area contributed by atoms with Crippen molar-refractivity contribution in [3.05, 3.63) is 12.2 Å². The first-order chi connectivity index (χ1) is 6.79. The normalized spacial score (nSPS) is 17.9. The van der Waals surface area contributed by atoms with Crippen LogP contribution in [0.15, 0.2) is 12.2 Å². The molecule has 15 heavy (non-hydrogen) atoms. The van der Waals surface area contributed by atoms with Gasteiger partial charge in [-0.2, -0.15) is 0 Å². The molecule has 0 N–H and O–H groups in total. The van der Waals surface area contributed by atoms with Crippen LogP contribution < -0.4 is 18.6 Å². The topological polar surface area (TPSA) is 92.2 Å². The zero-order valence-electron chi connectivity index (χ0n) is 8.87. The van der Waals surface area contributed by atoms with Gasteiger partial charge in [0.2, 0.25) is 0 Å². The third-order valence-corrected chi connectivity index (χ3v) is 4.45. The van der Waals surface area contributed by atoms with Crippen LogP contribution in [0.5, 0.6) is 0 Å². The van der Waals surface area contributed by atoms with Crippen LogP contribution in [0, 0.1) is 10.2 Å². The van der Waals surface area contributed by atoms with E-state index in [9.17, 15) is 0 Å². The first-order valence-electron chi connectivity index (χ1n) is 4.69. The van der Waals surface area contributed by atoms with Gasteiger partial charge in [-0.25, -0.2) is 18.6 Å². The van der Waals surface area contributed by atoms with Crippen LogP contribution in [-0.4, -0.2) is 17.3 Å². The predicted octanol–water partition coefficient (Wildman–Crippen LogP) is -2.39. The molecule has 0 unspecified atom stereocenters. The Labute approximate surface area is 95.7 Å². The van der Waals surface area contributed by atoms with E-state index < -0.39 is 10.2 Å². The third-order valence-electron chi connectivity index (χ3n) is 1.82. The molecule has 1 aliphatic heterocycles. The largest absolute Gasteiger partial charge is 0.222 e. The highest BCUT2D eigenvalue weighted by Crippen LogP contribution is 2.15. The van der Waals surface area contributed by atoms with E-state index in [0.29, 0.717) is 0 Å². The summed E-state index contributed by atoms with van der Waals surface area (Å²) in [6, 6.07) is 0.